The Morgan fingerprint density at radius 2 is 0.711 bits per heavy atom. The maximum absolute atomic E-state index is 6.94. The molecule has 0 saturated heterocycles. The second kappa shape index (κ2) is 11.6. The lowest BCUT2D eigenvalue weighted by Gasteiger charge is -2.12. The van der Waals surface area contributed by atoms with Crippen molar-refractivity contribution >= 4 is 10.8 Å². The number of hydrogen-bond donors (Lipinski definition) is 0. The van der Waals surface area contributed by atoms with Gasteiger partial charge in [-0.05, 0) is 17.2 Å². The van der Waals surface area contributed by atoms with Crippen LogP contribution in [0.5, 0.6) is 0 Å². The number of furan rings is 1. The molecule has 0 spiro atoms. The van der Waals surface area contributed by atoms with Gasteiger partial charge in [-0.15, -0.1) is 0 Å². The molecule has 0 N–H and O–H groups in total. The van der Waals surface area contributed by atoms with Crippen LogP contribution in [0.4, 0.5) is 0 Å². The lowest BCUT2D eigenvalue weighted by atomic mass is 9.96. The van der Waals surface area contributed by atoms with Crippen molar-refractivity contribution in [2.75, 3.05) is 0 Å². The predicted octanol–water partition coefficient (Wildman–Crippen LogP) is 11.2. The molecular formula is C42H28N2O. The second-order valence-electron chi connectivity index (χ2n) is 11.0. The molecule has 0 atom stereocenters. The van der Waals surface area contributed by atoms with Gasteiger partial charge in [-0.25, -0.2) is 9.97 Å². The third-order valence-electron chi connectivity index (χ3n) is 8.15. The first kappa shape index (κ1) is 26.6. The van der Waals surface area contributed by atoms with E-state index >= 15 is 0 Å². The van der Waals surface area contributed by atoms with Crippen molar-refractivity contribution in [1.29, 1.82) is 0 Å². The van der Waals surface area contributed by atoms with E-state index in [4.69, 9.17) is 14.4 Å². The molecule has 0 aliphatic rings. The van der Waals surface area contributed by atoms with Crippen LogP contribution in [0, 0.1) is 0 Å². The van der Waals surface area contributed by atoms with E-state index in [0.717, 1.165) is 72.6 Å². The summed E-state index contributed by atoms with van der Waals surface area (Å²) in [4.78, 5) is 10.3. The molecule has 0 bridgehead atoms. The summed E-state index contributed by atoms with van der Waals surface area (Å²) in [7, 11) is 0. The van der Waals surface area contributed by atoms with E-state index in [9.17, 15) is 0 Å². The molecule has 2 heterocycles. The lowest BCUT2D eigenvalue weighted by molar-refractivity contribution is 0.602. The molecule has 0 amide bonds. The Balaban J connectivity index is 1.34. The van der Waals surface area contributed by atoms with Gasteiger partial charge in [0.05, 0.1) is 11.4 Å². The highest BCUT2D eigenvalue weighted by Crippen LogP contribution is 2.44. The molecule has 0 radical (unpaired) electrons. The molecule has 2 aromatic heterocycles. The lowest BCUT2D eigenvalue weighted by Crippen LogP contribution is -1.97. The molecule has 212 valence electrons. The minimum absolute atomic E-state index is 0.650. The number of benzene rings is 6. The first-order valence-corrected chi connectivity index (χ1v) is 15.1. The zero-order valence-corrected chi connectivity index (χ0v) is 24.5. The van der Waals surface area contributed by atoms with E-state index in [1.165, 1.54) is 0 Å². The fraction of sp³-hybridized carbons (Fsp3) is 0. The van der Waals surface area contributed by atoms with Gasteiger partial charge in [0.15, 0.2) is 5.82 Å². The molecule has 3 nitrogen and oxygen atoms in total. The van der Waals surface area contributed by atoms with Crippen LogP contribution in [-0.4, -0.2) is 9.97 Å². The molecule has 0 unspecified atom stereocenters. The van der Waals surface area contributed by atoms with Crippen LogP contribution >= 0.6 is 0 Å². The highest BCUT2D eigenvalue weighted by molar-refractivity contribution is 6.06. The third-order valence-corrected chi connectivity index (χ3v) is 8.15. The monoisotopic (exact) mass is 576 g/mol. The van der Waals surface area contributed by atoms with Gasteiger partial charge in [0.2, 0.25) is 0 Å². The zero-order chi connectivity index (χ0) is 30.0. The summed E-state index contributed by atoms with van der Waals surface area (Å²) in [6.07, 6.45) is 0. The van der Waals surface area contributed by atoms with Crippen molar-refractivity contribution in [3.05, 3.63) is 170 Å². The molecule has 3 heteroatoms. The van der Waals surface area contributed by atoms with Crippen LogP contribution in [0.15, 0.2) is 174 Å². The average Bonchev–Trinajstić information content (AvgIpc) is 3.52. The molecular weight excluding hydrogens is 548 g/mol. The second-order valence-corrected chi connectivity index (χ2v) is 11.0. The quantitative estimate of drug-likeness (QED) is 0.198. The number of hydrogen-bond acceptors (Lipinski definition) is 3. The van der Waals surface area contributed by atoms with Crippen LogP contribution in [0.2, 0.25) is 0 Å². The Labute approximate surface area is 262 Å². The van der Waals surface area contributed by atoms with Crippen LogP contribution in [0.3, 0.4) is 0 Å². The first-order chi connectivity index (χ1) is 22.3. The first-order valence-electron chi connectivity index (χ1n) is 15.1. The SMILES string of the molecule is c1ccc(-c2cc(-c3ccccc3)nc(-c3ccccc3-c3oc(-c4ccccc4-c4ccccc4)c4ccccc34)n2)cc1. The normalized spacial score (nSPS) is 11.1. The van der Waals surface area contributed by atoms with Gasteiger partial charge in [-0.2, -0.15) is 0 Å². The summed E-state index contributed by atoms with van der Waals surface area (Å²) in [6.45, 7) is 0. The van der Waals surface area contributed by atoms with Gasteiger partial charge in [0, 0.05) is 38.6 Å². The van der Waals surface area contributed by atoms with Gasteiger partial charge in [-0.1, -0.05) is 164 Å². The van der Waals surface area contributed by atoms with Crippen LogP contribution in [-0.2, 0) is 0 Å². The molecule has 0 aliphatic carbocycles. The van der Waals surface area contributed by atoms with Crippen LogP contribution < -0.4 is 0 Å². The van der Waals surface area contributed by atoms with E-state index in [1.807, 2.05) is 54.6 Å². The molecule has 8 rings (SSSR count). The van der Waals surface area contributed by atoms with Crippen molar-refractivity contribution < 1.29 is 4.42 Å². The smallest absolute Gasteiger partial charge is 0.161 e. The number of aromatic nitrogens is 2. The molecule has 0 aliphatic heterocycles. The minimum Gasteiger partial charge on any atom is -0.455 e. The molecule has 8 aromatic rings. The Kier molecular flexibility index (Phi) is 6.82. The zero-order valence-electron chi connectivity index (χ0n) is 24.5. The van der Waals surface area contributed by atoms with Crippen LogP contribution in [0.25, 0.3) is 78.4 Å². The van der Waals surface area contributed by atoms with E-state index < -0.39 is 0 Å². The Morgan fingerprint density at radius 1 is 0.333 bits per heavy atom. The van der Waals surface area contributed by atoms with Crippen molar-refractivity contribution in [2.45, 2.75) is 0 Å². The van der Waals surface area contributed by atoms with Gasteiger partial charge in [-0.3, -0.25) is 0 Å². The predicted molar refractivity (Wildman–Crippen MR) is 184 cm³/mol. The molecule has 6 aromatic carbocycles. The Morgan fingerprint density at radius 3 is 1.22 bits per heavy atom. The minimum atomic E-state index is 0.650. The number of rotatable bonds is 6. The van der Waals surface area contributed by atoms with Crippen molar-refractivity contribution in [3.8, 4) is 67.7 Å². The maximum Gasteiger partial charge on any atom is 0.161 e. The molecule has 0 fully saturated rings. The third kappa shape index (κ3) is 5.01. The summed E-state index contributed by atoms with van der Waals surface area (Å²) < 4.78 is 6.94. The van der Waals surface area contributed by atoms with E-state index in [0.29, 0.717) is 5.82 Å². The maximum atomic E-state index is 6.94. The van der Waals surface area contributed by atoms with Crippen molar-refractivity contribution in [1.82, 2.24) is 9.97 Å². The van der Waals surface area contributed by atoms with E-state index in [-0.39, 0.29) is 0 Å². The topological polar surface area (TPSA) is 38.9 Å². The molecule has 45 heavy (non-hydrogen) atoms. The summed E-state index contributed by atoms with van der Waals surface area (Å²) in [6, 6.07) is 58.2. The largest absolute Gasteiger partial charge is 0.455 e. The van der Waals surface area contributed by atoms with Gasteiger partial charge < -0.3 is 4.42 Å². The summed E-state index contributed by atoms with van der Waals surface area (Å²) in [5, 5.41) is 2.11. The fourth-order valence-electron chi connectivity index (χ4n) is 6.00. The van der Waals surface area contributed by atoms with Crippen molar-refractivity contribution in [3.63, 3.8) is 0 Å². The van der Waals surface area contributed by atoms with Gasteiger partial charge >= 0.3 is 0 Å². The fourth-order valence-corrected chi connectivity index (χ4v) is 6.00. The Hall–Kier alpha value is -6.06. The number of nitrogens with zero attached hydrogens (tertiary/aromatic N) is 2. The highest BCUT2D eigenvalue weighted by atomic mass is 16.3. The highest BCUT2D eigenvalue weighted by Gasteiger charge is 2.22. The Bertz CT molecular complexity index is 2200. The summed E-state index contributed by atoms with van der Waals surface area (Å²) in [5.74, 6) is 2.30. The van der Waals surface area contributed by atoms with Crippen molar-refractivity contribution in [2.24, 2.45) is 0 Å². The van der Waals surface area contributed by atoms with E-state index in [1.54, 1.807) is 0 Å². The summed E-state index contributed by atoms with van der Waals surface area (Å²) >= 11 is 0. The number of fused-ring (bicyclic) bond motifs is 1. The van der Waals surface area contributed by atoms with Gasteiger partial charge in [0.1, 0.15) is 11.5 Å². The summed E-state index contributed by atoms with van der Waals surface area (Å²) in [5.41, 5.74) is 9.01. The van der Waals surface area contributed by atoms with Crippen LogP contribution in [0.1, 0.15) is 0 Å². The standard InChI is InChI=1S/C42H28N2O/c1-4-16-29(17-5-1)32-22-10-11-23-33(32)40-34-24-12-13-25-35(34)41(45-40)36-26-14-15-27-37(36)42-43-38(30-18-6-2-7-19-30)28-39(44-42)31-20-8-3-9-21-31/h1-28H. The average molecular weight is 577 g/mol. The molecule has 0 saturated carbocycles. The van der Waals surface area contributed by atoms with Gasteiger partial charge in [0.25, 0.3) is 0 Å². The van der Waals surface area contributed by atoms with E-state index in [2.05, 4.69) is 115 Å².